The zero-order valence-electron chi connectivity index (χ0n) is 21.9. The van der Waals surface area contributed by atoms with Crippen LogP contribution in [0.2, 0.25) is 0 Å². The maximum absolute atomic E-state index is 13.8. The first-order valence-corrected chi connectivity index (χ1v) is 12.2. The Hall–Kier alpha value is -2.75. The number of nitrogens with one attached hydrogen (secondary N) is 2. The Morgan fingerprint density at radius 2 is 1.69 bits per heavy atom. The molecule has 3 amide bonds. The van der Waals surface area contributed by atoms with Crippen molar-refractivity contribution in [2.24, 2.45) is 0 Å². The molecule has 0 aliphatic rings. The van der Waals surface area contributed by atoms with Gasteiger partial charge in [0.15, 0.2) is 0 Å². The fraction of sp³-hybridized carbons (Fsp3) is 0.600. The average molecular weight is 510 g/mol. The predicted molar refractivity (Wildman–Crippen MR) is 137 cm³/mol. The van der Waals surface area contributed by atoms with E-state index < -0.39 is 41.6 Å². The van der Waals surface area contributed by atoms with Crippen LogP contribution in [0.4, 0.5) is 4.79 Å². The van der Waals surface area contributed by atoms with Gasteiger partial charge in [0.2, 0.25) is 11.8 Å². The molecule has 196 valence electrons. The van der Waals surface area contributed by atoms with Gasteiger partial charge in [0.05, 0.1) is 7.11 Å². The second kappa shape index (κ2) is 13.4. The van der Waals surface area contributed by atoms with Crippen molar-refractivity contribution in [3.63, 3.8) is 0 Å². The van der Waals surface area contributed by atoms with Gasteiger partial charge in [0.25, 0.3) is 0 Å². The zero-order chi connectivity index (χ0) is 26.9. The van der Waals surface area contributed by atoms with Gasteiger partial charge in [0, 0.05) is 11.8 Å². The van der Waals surface area contributed by atoms with Gasteiger partial charge in [-0.15, -0.1) is 0 Å². The summed E-state index contributed by atoms with van der Waals surface area (Å²) in [6.45, 7) is 12.3. The average Bonchev–Trinajstić information content (AvgIpc) is 2.77. The molecule has 10 heteroatoms. The third-order valence-corrected chi connectivity index (χ3v) is 5.83. The summed E-state index contributed by atoms with van der Waals surface area (Å²) >= 11 is 4.28. The lowest BCUT2D eigenvalue weighted by atomic mass is 9.92. The first-order chi connectivity index (χ1) is 16.3. The van der Waals surface area contributed by atoms with E-state index in [2.05, 4.69) is 28.0 Å². The van der Waals surface area contributed by atoms with Gasteiger partial charge in [-0.2, -0.15) is 12.6 Å². The topological polar surface area (TPSA) is 114 Å². The lowest BCUT2D eigenvalue weighted by molar-refractivity contribution is -0.146. The minimum atomic E-state index is -1.05. The third-order valence-electron chi connectivity index (χ3n) is 5.47. The Labute approximate surface area is 213 Å². The largest absolute Gasteiger partial charge is 0.468 e. The number of thiol groups is 1. The monoisotopic (exact) mass is 509 g/mol. The number of alkyl carbamates (subject to hydrolysis) is 1. The van der Waals surface area contributed by atoms with Crippen LogP contribution in [0.1, 0.15) is 63.8 Å². The molecule has 0 spiro atoms. The lowest BCUT2D eigenvalue weighted by Gasteiger charge is -2.39. The second-order valence-corrected chi connectivity index (χ2v) is 9.75. The van der Waals surface area contributed by atoms with E-state index in [-0.39, 0.29) is 18.3 Å². The maximum Gasteiger partial charge on any atom is 0.408 e. The third kappa shape index (κ3) is 8.76. The standard InChI is InChI=1S/C25H39N3O6S/c1-9-17(4)28(23(31)18(14-35)27-24(32)34-25(5,6)7)21(22(30)26-13-19(29)33-8)20-15(2)11-10-12-16(20)3/h10-12,17-18,21,35H,9,13-14H2,1-8H3,(H,26,30)(H,27,32). The number of aryl methyl sites for hydroxylation is 2. The van der Waals surface area contributed by atoms with Gasteiger partial charge in [-0.25, -0.2) is 4.79 Å². The first kappa shape index (κ1) is 30.3. The van der Waals surface area contributed by atoms with E-state index in [1.165, 1.54) is 12.0 Å². The van der Waals surface area contributed by atoms with Gasteiger partial charge < -0.3 is 25.0 Å². The van der Waals surface area contributed by atoms with Crippen molar-refractivity contribution in [2.75, 3.05) is 19.4 Å². The Balaban J connectivity index is 3.53. The molecule has 3 atom stereocenters. The summed E-state index contributed by atoms with van der Waals surface area (Å²) in [5.41, 5.74) is 1.52. The van der Waals surface area contributed by atoms with Gasteiger partial charge >= 0.3 is 12.1 Å². The number of carbonyl (C=O) groups excluding carboxylic acids is 4. The van der Waals surface area contributed by atoms with Crippen molar-refractivity contribution in [3.8, 4) is 0 Å². The number of benzene rings is 1. The number of hydrogen-bond donors (Lipinski definition) is 3. The maximum atomic E-state index is 13.8. The molecule has 35 heavy (non-hydrogen) atoms. The van der Waals surface area contributed by atoms with Crippen LogP contribution in [0.25, 0.3) is 0 Å². The highest BCUT2D eigenvalue weighted by Gasteiger charge is 2.39. The highest BCUT2D eigenvalue weighted by atomic mass is 32.1. The molecule has 1 rings (SSSR count). The Morgan fingerprint density at radius 3 is 2.14 bits per heavy atom. The molecule has 1 aromatic carbocycles. The molecule has 0 radical (unpaired) electrons. The van der Waals surface area contributed by atoms with Crippen LogP contribution in [-0.4, -0.2) is 65.9 Å². The molecule has 0 aliphatic carbocycles. The molecule has 0 saturated carbocycles. The molecule has 0 saturated heterocycles. The van der Waals surface area contributed by atoms with Crippen molar-refractivity contribution in [3.05, 3.63) is 34.9 Å². The quantitative estimate of drug-likeness (QED) is 0.330. The van der Waals surface area contributed by atoms with Crippen LogP contribution in [-0.2, 0) is 23.9 Å². The Kier molecular flexibility index (Phi) is 11.6. The summed E-state index contributed by atoms with van der Waals surface area (Å²) in [5.74, 6) is -1.63. The molecular formula is C25H39N3O6S. The molecule has 3 unspecified atom stereocenters. The fourth-order valence-electron chi connectivity index (χ4n) is 3.59. The predicted octanol–water partition coefficient (Wildman–Crippen LogP) is 3.08. The van der Waals surface area contributed by atoms with Gasteiger partial charge in [-0.05, 0) is 64.7 Å². The van der Waals surface area contributed by atoms with E-state index >= 15 is 0 Å². The van der Waals surface area contributed by atoms with E-state index in [9.17, 15) is 19.2 Å². The molecule has 0 heterocycles. The van der Waals surface area contributed by atoms with Crippen molar-refractivity contribution in [1.29, 1.82) is 0 Å². The minimum absolute atomic E-state index is 0.00569. The van der Waals surface area contributed by atoms with E-state index in [1.807, 2.05) is 45.9 Å². The van der Waals surface area contributed by atoms with Gasteiger partial charge in [-0.1, -0.05) is 25.1 Å². The Morgan fingerprint density at radius 1 is 1.11 bits per heavy atom. The Bertz CT molecular complexity index is 895. The fourth-order valence-corrected chi connectivity index (χ4v) is 3.84. The summed E-state index contributed by atoms with van der Waals surface area (Å²) in [6, 6.07) is 3.12. The molecule has 9 nitrogen and oxygen atoms in total. The molecule has 0 fully saturated rings. The SMILES string of the molecule is CCC(C)N(C(=O)C(CS)NC(=O)OC(C)(C)C)C(C(=O)NCC(=O)OC)c1c(C)cccc1C. The second-order valence-electron chi connectivity index (χ2n) is 9.39. The van der Waals surface area contributed by atoms with Gasteiger partial charge in [0.1, 0.15) is 24.2 Å². The van der Waals surface area contributed by atoms with Crippen LogP contribution in [0.3, 0.4) is 0 Å². The summed E-state index contributed by atoms with van der Waals surface area (Å²) in [7, 11) is 1.23. The molecule has 2 N–H and O–H groups in total. The van der Waals surface area contributed by atoms with E-state index in [4.69, 9.17) is 4.74 Å². The number of nitrogens with zero attached hydrogens (tertiary/aromatic N) is 1. The molecule has 0 aliphatic heterocycles. The number of esters is 1. The normalized spacial score (nSPS) is 13.7. The van der Waals surface area contributed by atoms with E-state index in [0.717, 1.165) is 11.1 Å². The minimum Gasteiger partial charge on any atom is -0.468 e. The zero-order valence-corrected chi connectivity index (χ0v) is 22.8. The summed E-state index contributed by atoms with van der Waals surface area (Å²) < 4.78 is 9.95. The highest BCUT2D eigenvalue weighted by molar-refractivity contribution is 7.80. The molecule has 0 bridgehead atoms. The molecular weight excluding hydrogens is 470 g/mol. The summed E-state index contributed by atoms with van der Waals surface area (Å²) in [5, 5.41) is 5.17. The molecule has 1 aromatic rings. The van der Waals surface area contributed by atoms with Crippen molar-refractivity contribution in [2.45, 2.75) is 78.6 Å². The van der Waals surface area contributed by atoms with Crippen LogP contribution < -0.4 is 10.6 Å². The number of rotatable bonds is 10. The summed E-state index contributed by atoms with van der Waals surface area (Å²) in [6.07, 6.45) is -0.212. The summed E-state index contributed by atoms with van der Waals surface area (Å²) in [4.78, 5) is 52.9. The highest BCUT2D eigenvalue weighted by Crippen LogP contribution is 2.31. The lowest BCUT2D eigenvalue weighted by Crippen LogP contribution is -2.56. The van der Waals surface area contributed by atoms with Crippen molar-refractivity contribution >= 4 is 36.5 Å². The van der Waals surface area contributed by atoms with Crippen LogP contribution >= 0.6 is 12.6 Å². The van der Waals surface area contributed by atoms with E-state index in [1.54, 1.807) is 20.8 Å². The van der Waals surface area contributed by atoms with Crippen molar-refractivity contribution in [1.82, 2.24) is 15.5 Å². The van der Waals surface area contributed by atoms with Crippen LogP contribution in [0.5, 0.6) is 0 Å². The number of ether oxygens (including phenoxy) is 2. The number of carbonyl (C=O) groups is 4. The number of methoxy groups -OCH3 is 1. The van der Waals surface area contributed by atoms with E-state index in [0.29, 0.717) is 12.0 Å². The van der Waals surface area contributed by atoms with Crippen LogP contribution in [0, 0.1) is 13.8 Å². The molecule has 0 aromatic heterocycles. The van der Waals surface area contributed by atoms with Crippen molar-refractivity contribution < 1.29 is 28.7 Å². The van der Waals surface area contributed by atoms with Gasteiger partial charge in [-0.3, -0.25) is 14.4 Å². The van der Waals surface area contributed by atoms with Crippen LogP contribution in [0.15, 0.2) is 18.2 Å². The number of amides is 3. The smallest absolute Gasteiger partial charge is 0.408 e. The first-order valence-electron chi connectivity index (χ1n) is 11.6. The number of hydrogen-bond acceptors (Lipinski definition) is 7.